The van der Waals surface area contributed by atoms with Crippen LogP contribution in [-0.2, 0) is 4.79 Å². The van der Waals surface area contributed by atoms with Crippen molar-refractivity contribution in [3.63, 3.8) is 0 Å². The van der Waals surface area contributed by atoms with E-state index in [-0.39, 0.29) is 11.9 Å². The van der Waals surface area contributed by atoms with Crippen LogP contribution in [0.15, 0.2) is 22.6 Å². The van der Waals surface area contributed by atoms with Gasteiger partial charge in [-0.25, -0.2) is 0 Å². The maximum absolute atomic E-state index is 10.9. The minimum Gasteiger partial charge on any atom is -0.429 e. The van der Waals surface area contributed by atoms with E-state index in [4.69, 9.17) is 16.6 Å². The topological polar surface area (TPSA) is 58.0 Å². The van der Waals surface area contributed by atoms with Gasteiger partial charge in [0.25, 0.3) is 4.84 Å². The Balaban J connectivity index is 2.38. The van der Waals surface area contributed by atoms with Crippen molar-refractivity contribution in [1.82, 2.24) is 10.3 Å². The highest BCUT2D eigenvalue weighted by atomic mass is 32.1. The normalized spacial score (nSPS) is 12.6. The average Bonchev–Trinajstić information content (AvgIpc) is 2.55. The first-order valence-electron chi connectivity index (χ1n) is 4.96. The van der Waals surface area contributed by atoms with Gasteiger partial charge >= 0.3 is 0 Å². The number of nitrogens with one attached hydrogen (secondary N) is 2. The van der Waals surface area contributed by atoms with Crippen molar-refractivity contribution in [3.8, 4) is 0 Å². The molecule has 0 saturated carbocycles. The molecule has 16 heavy (non-hydrogen) atoms. The zero-order valence-electron chi connectivity index (χ0n) is 9.03. The second-order valence-corrected chi connectivity index (χ2v) is 4.06. The number of carbonyl (C=O) groups is 1. The van der Waals surface area contributed by atoms with E-state index >= 15 is 0 Å². The second kappa shape index (κ2) is 4.09. The lowest BCUT2D eigenvalue weighted by Gasteiger charge is -2.12. The zero-order valence-corrected chi connectivity index (χ0v) is 9.85. The summed E-state index contributed by atoms with van der Waals surface area (Å²) in [6, 6.07) is 5.66. The van der Waals surface area contributed by atoms with Gasteiger partial charge in [-0.2, -0.15) is 0 Å². The molecule has 2 rings (SSSR count). The van der Waals surface area contributed by atoms with Crippen LogP contribution in [-0.4, -0.2) is 10.9 Å². The Morgan fingerprint density at radius 1 is 1.56 bits per heavy atom. The summed E-state index contributed by atoms with van der Waals surface area (Å²) in [5.74, 6) is -0.0532. The molecular weight excluding hydrogens is 224 g/mol. The van der Waals surface area contributed by atoms with Gasteiger partial charge in [-0.05, 0) is 36.8 Å². The third-order valence-electron chi connectivity index (χ3n) is 2.36. The number of fused-ring (bicyclic) bond motifs is 1. The van der Waals surface area contributed by atoms with Gasteiger partial charge in [-0.15, -0.1) is 0 Å². The van der Waals surface area contributed by atoms with Gasteiger partial charge in [0.2, 0.25) is 5.91 Å². The lowest BCUT2D eigenvalue weighted by Crippen LogP contribution is -2.23. The Bertz CT molecular complexity index is 585. The Hall–Kier alpha value is -1.62. The molecule has 5 heteroatoms. The second-order valence-electron chi connectivity index (χ2n) is 3.69. The molecule has 1 atom stereocenters. The quantitative estimate of drug-likeness (QED) is 0.788. The lowest BCUT2D eigenvalue weighted by molar-refractivity contribution is -0.119. The van der Waals surface area contributed by atoms with Crippen molar-refractivity contribution in [1.29, 1.82) is 0 Å². The van der Waals surface area contributed by atoms with Gasteiger partial charge in [0.15, 0.2) is 5.58 Å². The van der Waals surface area contributed by atoms with Crippen molar-refractivity contribution < 1.29 is 9.21 Å². The highest BCUT2D eigenvalue weighted by Gasteiger charge is 2.08. The molecule has 2 aromatic rings. The van der Waals surface area contributed by atoms with Crippen LogP contribution in [0.4, 0.5) is 0 Å². The monoisotopic (exact) mass is 236 g/mol. The first kappa shape index (κ1) is 10.9. The summed E-state index contributed by atoms with van der Waals surface area (Å²) in [4.78, 5) is 14.2. The number of benzene rings is 1. The van der Waals surface area contributed by atoms with Gasteiger partial charge in [-0.1, -0.05) is 6.07 Å². The van der Waals surface area contributed by atoms with Crippen LogP contribution in [0, 0.1) is 4.84 Å². The van der Waals surface area contributed by atoms with Crippen molar-refractivity contribution >= 4 is 29.2 Å². The third-order valence-corrected chi connectivity index (χ3v) is 2.55. The smallest absolute Gasteiger partial charge is 0.266 e. The molecule has 2 N–H and O–H groups in total. The molecule has 0 saturated heterocycles. The molecule has 1 aromatic carbocycles. The van der Waals surface area contributed by atoms with Crippen LogP contribution < -0.4 is 5.32 Å². The van der Waals surface area contributed by atoms with Crippen LogP contribution in [0.1, 0.15) is 25.5 Å². The summed E-state index contributed by atoms with van der Waals surface area (Å²) in [5, 5.41) is 2.81. The highest BCUT2D eigenvalue weighted by Crippen LogP contribution is 2.19. The number of hydrogen-bond donors (Lipinski definition) is 2. The predicted octanol–water partition coefficient (Wildman–Crippen LogP) is 2.69. The highest BCUT2D eigenvalue weighted by molar-refractivity contribution is 7.71. The number of aromatic amines is 1. The minimum absolute atomic E-state index is 0.0411. The van der Waals surface area contributed by atoms with Crippen molar-refractivity contribution in [2.75, 3.05) is 0 Å². The van der Waals surface area contributed by atoms with Crippen LogP contribution in [0.5, 0.6) is 0 Å². The minimum atomic E-state index is -0.0532. The van der Waals surface area contributed by atoms with Crippen LogP contribution in [0.25, 0.3) is 11.1 Å². The molecule has 0 spiro atoms. The van der Waals surface area contributed by atoms with Crippen LogP contribution in [0.3, 0.4) is 0 Å². The molecule has 0 fully saturated rings. The number of H-pyrrole nitrogens is 1. The van der Waals surface area contributed by atoms with Crippen molar-refractivity contribution in [2.45, 2.75) is 19.9 Å². The van der Waals surface area contributed by atoms with Crippen molar-refractivity contribution in [2.24, 2.45) is 0 Å². The molecule has 84 valence electrons. The van der Waals surface area contributed by atoms with E-state index in [1.165, 1.54) is 6.92 Å². The summed E-state index contributed by atoms with van der Waals surface area (Å²) < 4.78 is 5.31. The number of hydrogen-bond acceptors (Lipinski definition) is 3. The fourth-order valence-corrected chi connectivity index (χ4v) is 1.82. The standard InChI is InChI=1S/C11H12N2O2S/c1-6(12-7(2)14)8-3-4-9-10(5-8)15-11(16)13-9/h3-6H,1-2H3,(H,12,14)(H,13,16). The Morgan fingerprint density at radius 2 is 2.31 bits per heavy atom. The number of carbonyl (C=O) groups excluding carboxylic acids is 1. The van der Waals surface area contributed by atoms with Crippen LogP contribution in [0.2, 0.25) is 0 Å². The molecule has 1 heterocycles. The molecule has 0 aliphatic rings. The number of aromatic nitrogens is 1. The molecular formula is C11H12N2O2S. The van der Waals surface area contributed by atoms with E-state index in [9.17, 15) is 4.79 Å². The van der Waals surface area contributed by atoms with E-state index in [1.807, 2.05) is 25.1 Å². The van der Waals surface area contributed by atoms with Gasteiger partial charge in [0.1, 0.15) is 0 Å². The van der Waals surface area contributed by atoms with E-state index in [0.717, 1.165) is 11.1 Å². The number of rotatable bonds is 2. The number of amides is 1. The van der Waals surface area contributed by atoms with Gasteiger partial charge in [0.05, 0.1) is 11.6 Å². The van der Waals surface area contributed by atoms with Crippen molar-refractivity contribution in [3.05, 3.63) is 28.6 Å². The Morgan fingerprint density at radius 3 is 3.00 bits per heavy atom. The summed E-state index contributed by atoms with van der Waals surface area (Å²) in [7, 11) is 0. The van der Waals surface area contributed by atoms with Crippen LogP contribution >= 0.6 is 12.2 Å². The predicted molar refractivity (Wildman–Crippen MR) is 63.6 cm³/mol. The van der Waals surface area contributed by atoms with Gasteiger partial charge in [-0.3, -0.25) is 4.79 Å². The maximum atomic E-state index is 10.9. The van der Waals surface area contributed by atoms with Gasteiger partial charge in [0, 0.05) is 6.92 Å². The molecule has 0 aliphatic heterocycles. The SMILES string of the molecule is CC(=O)NC(C)c1ccc2[nH]c(=S)oc2c1. The summed E-state index contributed by atoms with van der Waals surface area (Å²) in [6.07, 6.45) is 0. The first-order valence-corrected chi connectivity index (χ1v) is 5.37. The van der Waals surface area contributed by atoms with E-state index in [0.29, 0.717) is 10.4 Å². The summed E-state index contributed by atoms with van der Waals surface area (Å²) in [6.45, 7) is 3.42. The Labute approximate surface area is 97.7 Å². The summed E-state index contributed by atoms with van der Waals surface area (Å²) >= 11 is 4.90. The molecule has 0 aliphatic carbocycles. The maximum Gasteiger partial charge on any atom is 0.266 e. The Kier molecular flexibility index (Phi) is 2.78. The molecule has 4 nitrogen and oxygen atoms in total. The van der Waals surface area contributed by atoms with E-state index in [2.05, 4.69) is 10.3 Å². The molecule has 0 bridgehead atoms. The molecule has 1 aromatic heterocycles. The number of oxazole rings is 1. The molecule has 1 unspecified atom stereocenters. The molecule has 0 radical (unpaired) electrons. The molecule has 1 amide bonds. The van der Waals surface area contributed by atoms with E-state index in [1.54, 1.807) is 0 Å². The summed E-state index contributed by atoms with van der Waals surface area (Å²) in [5.41, 5.74) is 2.56. The van der Waals surface area contributed by atoms with E-state index < -0.39 is 0 Å². The van der Waals surface area contributed by atoms with Gasteiger partial charge < -0.3 is 14.7 Å². The fraction of sp³-hybridized carbons (Fsp3) is 0.273. The largest absolute Gasteiger partial charge is 0.429 e. The average molecular weight is 236 g/mol. The fourth-order valence-electron chi connectivity index (χ4n) is 1.62. The zero-order chi connectivity index (χ0) is 11.7. The lowest BCUT2D eigenvalue weighted by atomic mass is 10.1. The first-order chi connectivity index (χ1) is 7.56. The third kappa shape index (κ3) is 2.14.